The molecule has 0 saturated heterocycles. The molecule has 0 bridgehead atoms. The highest BCUT2D eigenvalue weighted by atomic mass is 15.6. The maximum absolute atomic E-state index is 4.43. The Bertz CT molecular complexity index is 653. The van der Waals surface area contributed by atoms with Gasteiger partial charge in [0.1, 0.15) is 0 Å². The number of hydrogen-bond acceptors (Lipinski definition) is 4. The van der Waals surface area contributed by atoms with Crippen LogP contribution in [0.15, 0.2) is 18.2 Å². The molecule has 3 rings (SSSR count). The van der Waals surface area contributed by atoms with Gasteiger partial charge in [0, 0.05) is 0 Å². The van der Waals surface area contributed by atoms with Crippen LogP contribution in [-0.2, 0) is 5.54 Å². The number of nitrogens with zero attached hydrogens (tertiary/aromatic N) is 5. The normalized spacial score (nSPS) is 17.9. The van der Waals surface area contributed by atoms with Crippen molar-refractivity contribution in [1.29, 1.82) is 0 Å². The molecule has 0 unspecified atom stereocenters. The van der Waals surface area contributed by atoms with E-state index in [1.165, 1.54) is 30.4 Å². The van der Waals surface area contributed by atoms with Gasteiger partial charge >= 0.3 is 0 Å². The van der Waals surface area contributed by atoms with Gasteiger partial charge in [0.2, 0.25) is 0 Å². The second kappa shape index (κ2) is 5.80. The van der Waals surface area contributed by atoms with Crippen molar-refractivity contribution in [3.05, 3.63) is 35.2 Å². The number of hydrogen-bond donors (Lipinski definition) is 0. The minimum absolute atomic E-state index is 0.0565. The fourth-order valence-electron chi connectivity index (χ4n) is 3.69. The second-order valence-corrected chi connectivity index (χ2v) is 6.69. The van der Waals surface area contributed by atoms with E-state index < -0.39 is 0 Å². The lowest BCUT2D eigenvalue weighted by Crippen LogP contribution is -2.45. The Morgan fingerprint density at radius 2 is 1.82 bits per heavy atom. The zero-order chi connectivity index (χ0) is 15.7. The lowest BCUT2D eigenvalue weighted by Gasteiger charge is -2.41. The minimum Gasteiger partial charge on any atom is -0.297 e. The highest BCUT2D eigenvalue weighted by Gasteiger charge is 2.41. The van der Waals surface area contributed by atoms with E-state index in [0.717, 1.165) is 24.4 Å². The maximum Gasteiger partial charge on any atom is 0.176 e. The fourth-order valence-corrected chi connectivity index (χ4v) is 3.69. The first-order valence-corrected chi connectivity index (χ1v) is 8.08. The zero-order valence-electron chi connectivity index (χ0n) is 14.0. The summed E-state index contributed by atoms with van der Waals surface area (Å²) in [6.07, 6.45) is 6.01. The molecule has 5 nitrogen and oxygen atoms in total. The zero-order valence-corrected chi connectivity index (χ0v) is 14.0. The van der Waals surface area contributed by atoms with Crippen molar-refractivity contribution in [3.63, 3.8) is 0 Å². The van der Waals surface area contributed by atoms with Gasteiger partial charge in [0.15, 0.2) is 5.82 Å². The topological polar surface area (TPSA) is 46.8 Å². The van der Waals surface area contributed by atoms with Crippen LogP contribution in [0.25, 0.3) is 5.69 Å². The summed E-state index contributed by atoms with van der Waals surface area (Å²) in [6, 6.07) is 6.43. The molecule has 0 aliphatic heterocycles. The van der Waals surface area contributed by atoms with Gasteiger partial charge < -0.3 is 0 Å². The number of rotatable bonds is 3. The van der Waals surface area contributed by atoms with Gasteiger partial charge in [-0.2, -0.15) is 4.68 Å². The van der Waals surface area contributed by atoms with Gasteiger partial charge in [0.05, 0.1) is 11.2 Å². The average molecular weight is 299 g/mol. The number of benzene rings is 1. The van der Waals surface area contributed by atoms with Gasteiger partial charge in [-0.15, -0.1) is 5.10 Å². The summed E-state index contributed by atoms with van der Waals surface area (Å²) in [7, 11) is 4.29. The number of aromatic nitrogens is 4. The first-order chi connectivity index (χ1) is 10.5. The minimum atomic E-state index is -0.0565. The van der Waals surface area contributed by atoms with Crippen LogP contribution in [0.3, 0.4) is 0 Å². The van der Waals surface area contributed by atoms with Crippen LogP contribution in [-0.4, -0.2) is 39.2 Å². The van der Waals surface area contributed by atoms with Crippen LogP contribution in [0.1, 0.15) is 49.1 Å². The standard InChI is InChI=1S/C17H25N5/c1-13-8-9-15(14(2)12-13)22-16(18-19-20-22)17(21(3)4)10-6-5-7-11-17/h8-9,12H,5-7,10-11H2,1-4H3. The van der Waals surface area contributed by atoms with Crippen molar-refractivity contribution in [2.75, 3.05) is 14.1 Å². The summed E-state index contributed by atoms with van der Waals surface area (Å²) in [5.41, 5.74) is 3.49. The average Bonchev–Trinajstić information content (AvgIpc) is 2.97. The molecule has 0 radical (unpaired) electrons. The Labute approximate surface area is 132 Å². The van der Waals surface area contributed by atoms with Crippen LogP contribution in [0.5, 0.6) is 0 Å². The van der Waals surface area contributed by atoms with Crippen molar-refractivity contribution in [3.8, 4) is 5.69 Å². The molecular weight excluding hydrogens is 274 g/mol. The monoisotopic (exact) mass is 299 g/mol. The van der Waals surface area contributed by atoms with Crippen LogP contribution < -0.4 is 0 Å². The van der Waals surface area contributed by atoms with Crippen LogP contribution in [0.4, 0.5) is 0 Å². The molecule has 1 aromatic carbocycles. The molecule has 0 amide bonds. The SMILES string of the molecule is Cc1ccc(-n2nnnc2C2(N(C)C)CCCCC2)c(C)c1. The first-order valence-electron chi connectivity index (χ1n) is 8.08. The van der Waals surface area contributed by atoms with E-state index in [-0.39, 0.29) is 5.54 Å². The van der Waals surface area contributed by atoms with Crippen LogP contribution >= 0.6 is 0 Å². The molecule has 118 valence electrons. The Hall–Kier alpha value is -1.75. The molecule has 0 atom stereocenters. The van der Waals surface area contributed by atoms with Gasteiger partial charge in [-0.1, -0.05) is 37.0 Å². The summed E-state index contributed by atoms with van der Waals surface area (Å²) in [5.74, 6) is 0.976. The van der Waals surface area contributed by atoms with Gasteiger partial charge in [0.25, 0.3) is 0 Å². The van der Waals surface area contributed by atoms with Gasteiger partial charge in [-0.05, 0) is 62.8 Å². The summed E-state index contributed by atoms with van der Waals surface area (Å²) in [4.78, 5) is 2.30. The molecule has 2 aromatic rings. The van der Waals surface area contributed by atoms with E-state index in [4.69, 9.17) is 0 Å². The van der Waals surface area contributed by atoms with Crippen molar-refractivity contribution in [2.45, 2.75) is 51.5 Å². The summed E-state index contributed by atoms with van der Waals surface area (Å²) in [6.45, 7) is 4.23. The maximum atomic E-state index is 4.43. The third kappa shape index (κ3) is 2.43. The van der Waals surface area contributed by atoms with Crippen molar-refractivity contribution in [2.24, 2.45) is 0 Å². The van der Waals surface area contributed by atoms with Gasteiger partial charge in [-0.3, -0.25) is 4.90 Å². The Morgan fingerprint density at radius 1 is 1.09 bits per heavy atom. The lowest BCUT2D eigenvalue weighted by molar-refractivity contribution is 0.0865. The van der Waals surface area contributed by atoms with E-state index in [0.29, 0.717) is 0 Å². The third-order valence-electron chi connectivity index (χ3n) is 5.00. The first kappa shape index (κ1) is 15.2. The smallest absolute Gasteiger partial charge is 0.176 e. The molecule has 0 spiro atoms. The summed E-state index contributed by atoms with van der Waals surface area (Å²) in [5, 5.41) is 12.7. The van der Waals surface area contributed by atoms with E-state index in [2.05, 4.69) is 66.6 Å². The van der Waals surface area contributed by atoms with E-state index >= 15 is 0 Å². The Balaban J connectivity index is 2.11. The quantitative estimate of drug-likeness (QED) is 0.874. The molecule has 5 heteroatoms. The molecule has 1 heterocycles. The highest BCUT2D eigenvalue weighted by molar-refractivity contribution is 5.42. The number of aryl methyl sites for hydroxylation is 2. The third-order valence-corrected chi connectivity index (χ3v) is 5.00. The molecule has 1 aliphatic rings. The Morgan fingerprint density at radius 3 is 2.45 bits per heavy atom. The predicted octanol–water partition coefficient (Wildman–Crippen LogP) is 3.00. The second-order valence-electron chi connectivity index (χ2n) is 6.69. The fraction of sp³-hybridized carbons (Fsp3) is 0.588. The van der Waals surface area contributed by atoms with E-state index in [1.54, 1.807) is 0 Å². The largest absolute Gasteiger partial charge is 0.297 e. The molecule has 0 N–H and O–H groups in total. The summed E-state index contributed by atoms with van der Waals surface area (Å²) >= 11 is 0. The molecular formula is C17H25N5. The van der Waals surface area contributed by atoms with Gasteiger partial charge in [-0.25, -0.2) is 0 Å². The molecule has 1 aromatic heterocycles. The molecule has 1 fully saturated rings. The number of tetrazole rings is 1. The van der Waals surface area contributed by atoms with E-state index in [9.17, 15) is 0 Å². The molecule has 1 aliphatic carbocycles. The highest BCUT2D eigenvalue weighted by Crippen LogP contribution is 2.40. The molecule has 1 saturated carbocycles. The Kier molecular flexibility index (Phi) is 4.00. The predicted molar refractivity (Wildman–Crippen MR) is 87.1 cm³/mol. The van der Waals surface area contributed by atoms with Crippen molar-refractivity contribution < 1.29 is 0 Å². The summed E-state index contributed by atoms with van der Waals surface area (Å²) < 4.78 is 1.94. The van der Waals surface area contributed by atoms with E-state index in [1.807, 2.05) is 4.68 Å². The van der Waals surface area contributed by atoms with Crippen LogP contribution in [0.2, 0.25) is 0 Å². The van der Waals surface area contributed by atoms with Crippen molar-refractivity contribution in [1.82, 2.24) is 25.1 Å². The van der Waals surface area contributed by atoms with Crippen molar-refractivity contribution >= 4 is 0 Å². The molecule has 22 heavy (non-hydrogen) atoms. The van der Waals surface area contributed by atoms with Crippen LogP contribution in [0, 0.1) is 13.8 Å². The lowest BCUT2D eigenvalue weighted by atomic mass is 9.80.